The van der Waals surface area contributed by atoms with Crippen molar-refractivity contribution in [2.75, 3.05) is 23.8 Å². The molecule has 0 saturated carbocycles. The van der Waals surface area contributed by atoms with Crippen LogP contribution in [0.1, 0.15) is 35.1 Å². The van der Waals surface area contributed by atoms with Gasteiger partial charge in [0.2, 0.25) is 22.5 Å². The van der Waals surface area contributed by atoms with Gasteiger partial charge >= 0.3 is 59.1 Å². The largest absolute Gasteiger partial charge is 1.00 e. The van der Waals surface area contributed by atoms with E-state index in [1.807, 2.05) is 0 Å². The Balaban J connectivity index is 0.00000450. The third-order valence-corrected chi connectivity index (χ3v) is 3.41. The van der Waals surface area contributed by atoms with Gasteiger partial charge < -0.3 is 35.2 Å². The summed E-state index contributed by atoms with van der Waals surface area (Å²) in [7, 11) is 0. The van der Waals surface area contributed by atoms with Gasteiger partial charge in [-0.25, -0.2) is 0 Å². The van der Waals surface area contributed by atoms with E-state index in [0.29, 0.717) is 0 Å². The SMILES string of the molecule is CC(COCC(C)Nc1nc(Cl)nc(C(=O)[O-])n1)Nc1nc(Cl)nc(C(=O)[O-])n1.[Na+].[Na+]. The van der Waals surface area contributed by atoms with Crippen LogP contribution in [0, 0.1) is 0 Å². The number of nitrogens with zero attached hydrogens (tertiary/aromatic N) is 6. The molecule has 2 atom stereocenters. The Morgan fingerprint density at radius 2 is 1.16 bits per heavy atom. The second-order valence-corrected chi connectivity index (χ2v) is 6.38. The van der Waals surface area contributed by atoms with Crippen molar-refractivity contribution in [3.63, 3.8) is 0 Å². The molecule has 31 heavy (non-hydrogen) atoms. The predicted octanol–water partition coefficient (Wildman–Crippen LogP) is -7.58. The second-order valence-electron chi connectivity index (χ2n) is 5.71. The molecule has 156 valence electrons. The molecule has 2 aromatic rings. The Hall–Kier alpha value is -0.900. The first kappa shape index (κ1) is 30.1. The number of aromatic nitrogens is 6. The molecule has 0 spiro atoms. The molecule has 2 aromatic heterocycles. The molecule has 0 aliphatic rings. The normalized spacial score (nSPS) is 12.0. The summed E-state index contributed by atoms with van der Waals surface area (Å²) < 4.78 is 5.53. The number of halogens is 2. The summed E-state index contributed by atoms with van der Waals surface area (Å²) in [6, 6.07) is -0.627. The van der Waals surface area contributed by atoms with Crippen LogP contribution in [-0.2, 0) is 4.74 Å². The molecular formula is C14H14Cl2N8Na2O5. The van der Waals surface area contributed by atoms with Crippen LogP contribution in [0.2, 0.25) is 10.6 Å². The molecular weight excluding hydrogens is 477 g/mol. The molecule has 0 fully saturated rings. The van der Waals surface area contributed by atoms with Crippen molar-refractivity contribution in [3.05, 3.63) is 22.2 Å². The standard InChI is InChI=1S/C14H16Cl2N8O5.2Na/c1-5(17-13-21-7(9(25)26)19-11(15)23-13)3-29-4-6(2)18-14-22-8(10(27)28)20-12(16)24-14;;/h5-6H,3-4H2,1-2H3,(H,25,26)(H,27,28)(H,17,19,21,23)(H,18,20,22,24);;/q;2*+1/p-2. The van der Waals surface area contributed by atoms with Crippen LogP contribution in [0.4, 0.5) is 11.9 Å². The molecule has 0 aliphatic carbocycles. The van der Waals surface area contributed by atoms with Crippen molar-refractivity contribution in [1.82, 2.24) is 29.9 Å². The van der Waals surface area contributed by atoms with Crippen LogP contribution in [0.15, 0.2) is 0 Å². The number of hydrogen-bond donors (Lipinski definition) is 2. The molecule has 2 unspecified atom stereocenters. The molecule has 0 aromatic carbocycles. The summed E-state index contributed by atoms with van der Waals surface area (Å²) >= 11 is 11.3. The molecule has 0 saturated heterocycles. The van der Waals surface area contributed by atoms with E-state index in [0.717, 1.165) is 0 Å². The van der Waals surface area contributed by atoms with E-state index in [9.17, 15) is 19.8 Å². The maximum atomic E-state index is 10.8. The van der Waals surface area contributed by atoms with Crippen molar-refractivity contribution < 1.29 is 83.7 Å². The molecule has 0 amide bonds. The zero-order valence-electron chi connectivity index (χ0n) is 17.0. The summed E-state index contributed by atoms with van der Waals surface area (Å²) in [5.41, 5.74) is 0. The average molecular weight is 491 g/mol. The minimum atomic E-state index is -1.58. The summed E-state index contributed by atoms with van der Waals surface area (Å²) in [5, 5.41) is 26.7. The van der Waals surface area contributed by atoms with Crippen molar-refractivity contribution in [3.8, 4) is 0 Å². The number of rotatable bonds is 10. The topological polar surface area (TPSA) is 191 Å². The number of carbonyl (C=O) groups is 2. The van der Waals surface area contributed by atoms with Gasteiger partial charge in [-0.15, -0.1) is 0 Å². The third kappa shape index (κ3) is 10.5. The zero-order valence-corrected chi connectivity index (χ0v) is 22.6. The second kappa shape index (κ2) is 14.3. The maximum Gasteiger partial charge on any atom is 1.00 e. The van der Waals surface area contributed by atoms with Gasteiger partial charge in [-0.1, -0.05) is 0 Å². The summed E-state index contributed by atoms with van der Waals surface area (Å²) in [6.45, 7) is 3.87. The number of carboxylic acids is 2. The van der Waals surface area contributed by atoms with E-state index in [1.165, 1.54) is 0 Å². The van der Waals surface area contributed by atoms with Gasteiger partial charge in [0.1, 0.15) is 11.9 Å². The van der Waals surface area contributed by atoms with Crippen LogP contribution in [0.5, 0.6) is 0 Å². The van der Waals surface area contributed by atoms with Gasteiger partial charge in [-0.2, -0.15) is 29.9 Å². The molecule has 13 nitrogen and oxygen atoms in total. The molecule has 2 heterocycles. The zero-order chi connectivity index (χ0) is 21.6. The van der Waals surface area contributed by atoms with E-state index in [-0.39, 0.29) is 107 Å². The molecule has 2 rings (SSSR count). The first-order valence-corrected chi connectivity index (χ1v) is 8.76. The smallest absolute Gasteiger partial charge is 0.541 e. The van der Waals surface area contributed by atoms with Gasteiger partial charge in [-0.3, -0.25) is 0 Å². The Morgan fingerprint density at radius 1 is 0.806 bits per heavy atom. The molecule has 0 bridgehead atoms. The quantitative estimate of drug-likeness (QED) is 0.298. The first-order valence-electron chi connectivity index (χ1n) is 8.00. The van der Waals surface area contributed by atoms with Crippen molar-refractivity contribution in [2.24, 2.45) is 0 Å². The van der Waals surface area contributed by atoms with Gasteiger partial charge in [0.25, 0.3) is 0 Å². The van der Waals surface area contributed by atoms with Crippen molar-refractivity contribution in [1.29, 1.82) is 0 Å². The van der Waals surface area contributed by atoms with Gasteiger partial charge in [-0.05, 0) is 37.0 Å². The minimum Gasteiger partial charge on any atom is -0.541 e. The molecule has 17 heteroatoms. The van der Waals surface area contributed by atoms with Crippen LogP contribution in [-0.4, -0.2) is 67.1 Å². The Kier molecular flexibility index (Phi) is 13.9. The van der Waals surface area contributed by atoms with E-state index < -0.39 is 23.6 Å². The number of hydrogen-bond acceptors (Lipinski definition) is 13. The first-order chi connectivity index (χ1) is 13.6. The number of anilines is 2. The average Bonchev–Trinajstić information content (AvgIpc) is 2.60. The summed E-state index contributed by atoms with van der Waals surface area (Å²) in [4.78, 5) is 43.4. The fraction of sp³-hybridized carbons (Fsp3) is 0.429. The molecule has 0 radical (unpaired) electrons. The predicted molar refractivity (Wildman–Crippen MR) is 95.3 cm³/mol. The van der Waals surface area contributed by atoms with Crippen molar-refractivity contribution >= 4 is 47.0 Å². The monoisotopic (exact) mass is 490 g/mol. The van der Waals surface area contributed by atoms with E-state index in [2.05, 4.69) is 40.5 Å². The minimum absolute atomic E-state index is 0. The van der Waals surface area contributed by atoms with Crippen LogP contribution < -0.4 is 80.0 Å². The van der Waals surface area contributed by atoms with Crippen LogP contribution >= 0.6 is 23.2 Å². The van der Waals surface area contributed by atoms with Gasteiger partial charge in [0.15, 0.2) is 11.6 Å². The summed E-state index contributed by atoms with van der Waals surface area (Å²) in [5.74, 6) is -4.43. The number of ether oxygens (including phenoxy) is 1. The number of aromatic carboxylic acids is 2. The maximum absolute atomic E-state index is 10.8. The fourth-order valence-corrected chi connectivity index (χ4v) is 2.28. The number of carboxylic acid groups (broad SMARTS) is 2. The number of nitrogens with one attached hydrogen (secondary N) is 2. The third-order valence-electron chi connectivity index (χ3n) is 3.07. The molecule has 2 N–H and O–H groups in total. The van der Waals surface area contributed by atoms with E-state index >= 15 is 0 Å². The Labute approximate surface area is 230 Å². The van der Waals surface area contributed by atoms with Crippen LogP contribution in [0.25, 0.3) is 0 Å². The fourth-order valence-electron chi connectivity index (χ4n) is 1.96. The molecule has 0 aliphatic heterocycles. The summed E-state index contributed by atoms with van der Waals surface area (Å²) in [6.07, 6.45) is 0. The van der Waals surface area contributed by atoms with Gasteiger partial charge in [0.05, 0.1) is 13.2 Å². The van der Waals surface area contributed by atoms with Gasteiger partial charge in [0, 0.05) is 12.1 Å². The van der Waals surface area contributed by atoms with Crippen LogP contribution in [0.3, 0.4) is 0 Å². The van der Waals surface area contributed by atoms with Crippen molar-refractivity contribution in [2.45, 2.75) is 25.9 Å². The van der Waals surface area contributed by atoms with E-state index in [1.54, 1.807) is 13.8 Å². The van der Waals surface area contributed by atoms with E-state index in [4.69, 9.17) is 27.9 Å². The number of carbonyl (C=O) groups excluding carboxylic acids is 2. The Bertz CT molecular complexity index is 842. The Morgan fingerprint density at radius 3 is 1.48 bits per heavy atom.